The lowest BCUT2D eigenvalue weighted by Gasteiger charge is -2.17. The van der Waals surface area contributed by atoms with Gasteiger partial charge in [-0.3, -0.25) is 4.79 Å². The van der Waals surface area contributed by atoms with Gasteiger partial charge in [-0.1, -0.05) is 0 Å². The zero-order valence-corrected chi connectivity index (χ0v) is 11.7. The average Bonchev–Trinajstić information content (AvgIpc) is 2.28. The molecule has 0 aromatic heterocycles. The fraction of sp³-hybridized carbons (Fsp3) is 0.300. The van der Waals surface area contributed by atoms with Gasteiger partial charge < -0.3 is 20.0 Å². The standard InChI is InChI=1S/C10H8F5NO.H3O4P/c1-5(10(13,14)15)16-9(17)7-4-6(11)2-3-8(7)12;1-5(2,3)4/h2-5H,1H3,(H,16,17);(H3,1,2,3,4). The summed E-state index contributed by atoms with van der Waals surface area (Å²) in [6.45, 7) is 0.703. The van der Waals surface area contributed by atoms with Crippen molar-refractivity contribution in [1.29, 1.82) is 0 Å². The first-order chi connectivity index (χ1) is 9.71. The van der Waals surface area contributed by atoms with Crippen molar-refractivity contribution in [3.05, 3.63) is 35.4 Å². The topological polar surface area (TPSA) is 107 Å². The van der Waals surface area contributed by atoms with E-state index in [1.165, 1.54) is 5.32 Å². The first-order valence-corrected chi connectivity index (χ1v) is 6.89. The van der Waals surface area contributed by atoms with Crippen LogP contribution >= 0.6 is 7.82 Å². The predicted octanol–water partition coefficient (Wildman–Crippen LogP) is 1.72. The third-order valence-electron chi connectivity index (χ3n) is 2.01. The second-order valence-corrected chi connectivity index (χ2v) is 4.90. The molecule has 0 aliphatic heterocycles. The molecule has 1 atom stereocenters. The lowest BCUT2D eigenvalue weighted by molar-refractivity contribution is -0.149. The van der Waals surface area contributed by atoms with Crippen molar-refractivity contribution in [2.45, 2.75) is 19.1 Å². The summed E-state index contributed by atoms with van der Waals surface area (Å²) in [6.07, 6.45) is -4.64. The van der Waals surface area contributed by atoms with E-state index in [0.717, 1.165) is 6.07 Å². The average molecular weight is 351 g/mol. The van der Waals surface area contributed by atoms with Gasteiger partial charge in [0.15, 0.2) is 0 Å². The van der Waals surface area contributed by atoms with Gasteiger partial charge in [0, 0.05) is 0 Å². The van der Waals surface area contributed by atoms with Gasteiger partial charge in [-0.05, 0) is 25.1 Å². The number of carbonyl (C=O) groups is 1. The monoisotopic (exact) mass is 351 g/mol. The molecule has 0 radical (unpaired) electrons. The number of alkyl halides is 3. The van der Waals surface area contributed by atoms with Crippen LogP contribution in [0.4, 0.5) is 22.0 Å². The molecule has 1 rings (SSSR count). The van der Waals surface area contributed by atoms with E-state index in [9.17, 15) is 26.7 Å². The largest absolute Gasteiger partial charge is 0.466 e. The maximum atomic E-state index is 13.1. The first-order valence-electron chi connectivity index (χ1n) is 5.32. The van der Waals surface area contributed by atoms with E-state index in [4.69, 9.17) is 19.2 Å². The van der Waals surface area contributed by atoms with Crippen LogP contribution in [-0.4, -0.2) is 32.8 Å². The van der Waals surface area contributed by atoms with Crippen LogP contribution in [0.1, 0.15) is 17.3 Å². The van der Waals surface area contributed by atoms with Crippen LogP contribution in [0.15, 0.2) is 18.2 Å². The summed E-state index contributed by atoms with van der Waals surface area (Å²) >= 11 is 0. The van der Waals surface area contributed by atoms with Crippen molar-refractivity contribution in [3.8, 4) is 0 Å². The van der Waals surface area contributed by atoms with Crippen LogP contribution in [0.5, 0.6) is 0 Å². The van der Waals surface area contributed by atoms with Gasteiger partial charge in [0.05, 0.1) is 5.56 Å². The summed E-state index contributed by atoms with van der Waals surface area (Å²) in [5, 5.41) is 1.53. The van der Waals surface area contributed by atoms with Gasteiger partial charge >= 0.3 is 14.0 Å². The molecule has 0 saturated carbocycles. The summed E-state index contributed by atoms with van der Waals surface area (Å²) in [7, 11) is -4.64. The molecule has 0 fully saturated rings. The molecule has 0 spiro atoms. The minimum absolute atomic E-state index is 0.535. The molecule has 0 saturated heterocycles. The Labute approximate surface area is 120 Å². The van der Waals surface area contributed by atoms with E-state index < -0.39 is 43.1 Å². The lowest BCUT2D eigenvalue weighted by Crippen LogP contribution is -2.43. The van der Waals surface area contributed by atoms with E-state index in [2.05, 4.69) is 0 Å². The summed E-state index contributed by atoms with van der Waals surface area (Å²) < 4.78 is 71.0. The first kappa shape index (κ1) is 20.5. The van der Waals surface area contributed by atoms with Crippen LogP contribution in [0.3, 0.4) is 0 Å². The molecule has 1 amide bonds. The number of nitrogens with one attached hydrogen (secondary N) is 1. The van der Waals surface area contributed by atoms with Gasteiger partial charge in [-0.2, -0.15) is 13.2 Å². The zero-order chi connectivity index (χ0) is 17.7. The molecule has 4 N–H and O–H groups in total. The molecule has 1 aromatic rings. The van der Waals surface area contributed by atoms with Crippen molar-refractivity contribution in [1.82, 2.24) is 5.32 Å². The zero-order valence-electron chi connectivity index (χ0n) is 10.8. The van der Waals surface area contributed by atoms with Crippen LogP contribution in [0.25, 0.3) is 0 Å². The van der Waals surface area contributed by atoms with E-state index >= 15 is 0 Å². The van der Waals surface area contributed by atoms with Crippen molar-refractivity contribution >= 4 is 13.7 Å². The fourth-order valence-electron chi connectivity index (χ4n) is 1.03. The van der Waals surface area contributed by atoms with Crippen LogP contribution < -0.4 is 5.32 Å². The summed E-state index contributed by atoms with van der Waals surface area (Å²) in [5.41, 5.74) is -0.763. The number of rotatable bonds is 2. The SMILES string of the molecule is CC(NC(=O)c1cc(F)ccc1F)C(F)(F)F.O=P(O)(O)O. The number of phosphoric acid groups is 1. The Morgan fingerprint density at radius 1 is 1.23 bits per heavy atom. The van der Waals surface area contributed by atoms with E-state index in [1.807, 2.05) is 0 Å². The highest BCUT2D eigenvalue weighted by atomic mass is 31.2. The number of hydrogen-bond donors (Lipinski definition) is 4. The highest BCUT2D eigenvalue weighted by Gasteiger charge is 2.37. The molecule has 0 heterocycles. The maximum absolute atomic E-state index is 13.1. The summed E-state index contributed by atoms with van der Waals surface area (Å²) in [6, 6.07) is -0.173. The summed E-state index contributed by atoms with van der Waals surface area (Å²) in [4.78, 5) is 32.8. The molecule has 0 aliphatic rings. The third kappa shape index (κ3) is 8.67. The Balaban J connectivity index is 0.000000763. The third-order valence-corrected chi connectivity index (χ3v) is 2.01. The molecule has 0 bridgehead atoms. The van der Waals surface area contributed by atoms with Gasteiger partial charge in [-0.25, -0.2) is 13.3 Å². The molecule has 12 heteroatoms. The van der Waals surface area contributed by atoms with Crippen molar-refractivity contribution in [3.63, 3.8) is 0 Å². The Morgan fingerprint density at radius 3 is 2.09 bits per heavy atom. The number of benzene rings is 1. The predicted molar refractivity (Wildman–Crippen MR) is 63.6 cm³/mol. The molecule has 126 valence electrons. The second-order valence-electron chi connectivity index (χ2n) is 3.87. The van der Waals surface area contributed by atoms with Crippen LogP contribution in [-0.2, 0) is 4.57 Å². The Morgan fingerprint density at radius 2 is 1.68 bits per heavy atom. The minimum Gasteiger partial charge on any atom is -0.340 e. The fourth-order valence-corrected chi connectivity index (χ4v) is 1.03. The van der Waals surface area contributed by atoms with Gasteiger partial charge in [0.25, 0.3) is 5.91 Å². The van der Waals surface area contributed by atoms with Gasteiger partial charge in [-0.15, -0.1) is 0 Å². The van der Waals surface area contributed by atoms with E-state index in [1.54, 1.807) is 0 Å². The van der Waals surface area contributed by atoms with Crippen LogP contribution in [0, 0.1) is 11.6 Å². The lowest BCUT2D eigenvalue weighted by atomic mass is 10.2. The Hall–Kier alpha value is -1.55. The molecule has 1 aromatic carbocycles. The highest BCUT2D eigenvalue weighted by Crippen LogP contribution is 2.25. The Bertz CT molecular complexity index is 565. The van der Waals surface area contributed by atoms with Crippen LogP contribution in [0.2, 0.25) is 0 Å². The smallest absolute Gasteiger partial charge is 0.340 e. The number of halogens is 5. The van der Waals surface area contributed by atoms with Crippen molar-refractivity contribution in [2.75, 3.05) is 0 Å². The number of carbonyl (C=O) groups excluding carboxylic acids is 1. The van der Waals surface area contributed by atoms with Gasteiger partial charge in [0.2, 0.25) is 0 Å². The van der Waals surface area contributed by atoms with E-state index in [-0.39, 0.29) is 0 Å². The molecule has 0 aliphatic carbocycles. The van der Waals surface area contributed by atoms with Crippen molar-refractivity contribution in [2.24, 2.45) is 0 Å². The van der Waals surface area contributed by atoms with E-state index in [0.29, 0.717) is 19.1 Å². The second kappa shape index (κ2) is 7.63. The molecular weight excluding hydrogens is 340 g/mol. The number of hydrogen-bond acceptors (Lipinski definition) is 2. The minimum atomic E-state index is -4.64. The quantitative estimate of drug-likeness (QED) is 0.479. The molecular formula is C10H11F5NO5P. The summed E-state index contributed by atoms with van der Waals surface area (Å²) in [5.74, 6) is -3.30. The maximum Gasteiger partial charge on any atom is 0.466 e. The normalized spacial score (nSPS) is 13.0. The number of amides is 1. The van der Waals surface area contributed by atoms with Gasteiger partial charge in [0.1, 0.15) is 17.7 Å². The molecule has 6 nitrogen and oxygen atoms in total. The molecule has 1 unspecified atom stereocenters. The Kier molecular flexibility index (Phi) is 7.10. The van der Waals surface area contributed by atoms with Crippen molar-refractivity contribution < 1.29 is 46.0 Å². The molecule has 22 heavy (non-hydrogen) atoms. The highest BCUT2D eigenvalue weighted by molar-refractivity contribution is 7.45.